The molecular formula is C18H23Cl2IN2. The average Bonchev–Trinajstić information content (AvgIpc) is 2.91. The predicted octanol–water partition coefficient (Wildman–Crippen LogP) is 7.00. The zero-order valence-corrected chi connectivity index (χ0v) is 17.0. The van der Waals surface area contributed by atoms with Crippen LogP contribution in [0.2, 0.25) is 10.0 Å². The molecule has 23 heavy (non-hydrogen) atoms. The fourth-order valence-electron chi connectivity index (χ4n) is 3.59. The molecule has 1 saturated carbocycles. The van der Waals surface area contributed by atoms with Gasteiger partial charge in [0.2, 0.25) is 0 Å². The van der Waals surface area contributed by atoms with E-state index in [9.17, 15) is 0 Å². The van der Waals surface area contributed by atoms with Crippen LogP contribution in [0.3, 0.4) is 0 Å². The lowest BCUT2D eigenvalue weighted by Gasteiger charge is -2.22. The summed E-state index contributed by atoms with van der Waals surface area (Å²) in [6, 6.07) is 3.92. The maximum Gasteiger partial charge on any atom is 0.112 e. The van der Waals surface area contributed by atoms with Crippen molar-refractivity contribution in [1.82, 2.24) is 9.55 Å². The number of aromatic nitrogens is 2. The molecule has 0 unspecified atom stereocenters. The highest BCUT2D eigenvalue weighted by Gasteiger charge is 2.22. The first-order chi connectivity index (χ1) is 11.2. The maximum absolute atomic E-state index is 6.26. The van der Waals surface area contributed by atoms with Crippen molar-refractivity contribution >= 4 is 56.8 Å². The van der Waals surface area contributed by atoms with E-state index in [0.29, 0.717) is 16.0 Å². The van der Waals surface area contributed by atoms with Crippen molar-refractivity contribution in [3.63, 3.8) is 0 Å². The van der Waals surface area contributed by atoms with Crippen molar-refractivity contribution in [2.24, 2.45) is 0 Å². The van der Waals surface area contributed by atoms with Crippen LogP contribution in [0.5, 0.6) is 0 Å². The van der Waals surface area contributed by atoms with Crippen LogP contribution in [-0.4, -0.2) is 14.0 Å². The van der Waals surface area contributed by atoms with Gasteiger partial charge in [0.25, 0.3) is 0 Å². The van der Waals surface area contributed by atoms with E-state index in [4.69, 9.17) is 28.2 Å². The molecule has 126 valence electrons. The van der Waals surface area contributed by atoms with Crippen LogP contribution in [0.4, 0.5) is 0 Å². The third kappa shape index (κ3) is 4.16. The standard InChI is InChI=1S/C18H23Cl2IN2/c19-14-11-16-17(12-15(14)20)23(10-6-2-5-9-21)18(22-16)13-7-3-1-4-8-13/h11-13H,1-10H2. The van der Waals surface area contributed by atoms with Crippen LogP contribution in [0.1, 0.15) is 63.1 Å². The number of hydrogen-bond donors (Lipinski definition) is 0. The molecule has 0 amide bonds. The fraction of sp³-hybridized carbons (Fsp3) is 0.611. The number of unbranched alkanes of at least 4 members (excludes halogenated alkanes) is 2. The SMILES string of the molecule is Clc1cc2nc(C3CCCCC3)n(CCCCCI)c2cc1Cl. The monoisotopic (exact) mass is 464 g/mol. The molecule has 0 atom stereocenters. The van der Waals surface area contributed by atoms with Gasteiger partial charge >= 0.3 is 0 Å². The minimum Gasteiger partial charge on any atom is -0.328 e. The number of nitrogens with zero attached hydrogens (tertiary/aromatic N) is 2. The summed E-state index contributed by atoms with van der Waals surface area (Å²) in [6.07, 6.45) is 10.3. The first-order valence-electron chi connectivity index (χ1n) is 8.62. The number of halogens is 3. The van der Waals surface area contributed by atoms with Gasteiger partial charge in [0, 0.05) is 12.5 Å². The average molecular weight is 465 g/mol. The van der Waals surface area contributed by atoms with Gasteiger partial charge in [0.15, 0.2) is 0 Å². The van der Waals surface area contributed by atoms with Gasteiger partial charge in [-0.05, 0) is 42.2 Å². The Morgan fingerprint density at radius 1 is 1.04 bits per heavy atom. The Kier molecular flexibility index (Phi) is 6.50. The summed E-state index contributed by atoms with van der Waals surface area (Å²) in [6.45, 7) is 1.04. The van der Waals surface area contributed by atoms with E-state index in [1.54, 1.807) is 0 Å². The number of hydrogen-bond acceptors (Lipinski definition) is 1. The summed E-state index contributed by atoms with van der Waals surface area (Å²) in [7, 11) is 0. The molecule has 1 fully saturated rings. The lowest BCUT2D eigenvalue weighted by Crippen LogP contribution is -2.12. The van der Waals surface area contributed by atoms with Gasteiger partial charge in [-0.25, -0.2) is 4.98 Å². The summed E-state index contributed by atoms with van der Waals surface area (Å²) in [5.74, 6) is 1.85. The van der Waals surface area contributed by atoms with Gasteiger partial charge in [-0.1, -0.05) is 71.5 Å². The van der Waals surface area contributed by atoms with Crippen LogP contribution < -0.4 is 0 Å². The Morgan fingerprint density at radius 2 is 1.78 bits per heavy atom. The number of benzene rings is 1. The van der Waals surface area contributed by atoms with Gasteiger partial charge in [0.1, 0.15) is 5.82 Å². The van der Waals surface area contributed by atoms with Crippen LogP contribution >= 0.6 is 45.8 Å². The van der Waals surface area contributed by atoms with Crippen molar-refractivity contribution in [3.05, 3.63) is 28.0 Å². The molecule has 2 nitrogen and oxygen atoms in total. The molecule has 1 aromatic carbocycles. The molecule has 3 rings (SSSR count). The van der Waals surface area contributed by atoms with E-state index in [1.807, 2.05) is 12.1 Å². The predicted molar refractivity (Wildman–Crippen MR) is 108 cm³/mol. The van der Waals surface area contributed by atoms with Crippen molar-refractivity contribution in [3.8, 4) is 0 Å². The molecule has 1 aromatic heterocycles. The Hall–Kier alpha value is -0.000000000000000167. The van der Waals surface area contributed by atoms with Crippen molar-refractivity contribution in [1.29, 1.82) is 0 Å². The second kappa shape index (κ2) is 8.39. The summed E-state index contributed by atoms with van der Waals surface area (Å²) < 4.78 is 3.65. The van der Waals surface area contributed by atoms with Gasteiger partial charge < -0.3 is 4.57 Å². The highest BCUT2D eigenvalue weighted by Crippen LogP contribution is 2.36. The van der Waals surface area contributed by atoms with E-state index in [2.05, 4.69) is 27.2 Å². The van der Waals surface area contributed by atoms with Crippen LogP contribution in [0.25, 0.3) is 11.0 Å². The Balaban J connectivity index is 1.95. The minimum absolute atomic E-state index is 0.596. The second-order valence-corrected chi connectivity index (χ2v) is 8.35. The lowest BCUT2D eigenvalue weighted by molar-refractivity contribution is 0.414. The molecular weight excluding hydrogens is 442 g/mol. The van der Waals surface area contributed by atoms with Gasteiger partial charge in [-0.3, -0.25) is 0 Å². The molecule has 0 spiro atoms. The molecule has 2 aromatic rings. The number of rotatable bonds is 6. The number of alkyl halides is 1. The Morgan fingerprint density at radius 3 is 2.52 bits per heavy atom. The topological polar surface area (TPSA) is 17.8 Å². The third-order valence-electron chi connectivity index (χ3n) is 4.81. The lowest BCUT2D eigenvalue weighted by atomic mass is 9.88. The van der Waals surface area contributed by atoms with Gasteiger partial charge in [-0.15, -0.1) is 0 Å². The zero-order valence-electron chi connectivity index (χ0n) is 13.3. The van der Waals surface area contributed by atoms with Crippen LogP contribution in [-0.2, 0) is 6.54 Å². The number of aryl methyl sites for hydroxylation is 1. The molecule has 0 N–H and O–H groups in total. The van der Waals surface area contributed by atoms with Gasteiger partial charge in [0.05, 0.1) is 21.1 Å². The Labute approximate surface area is 162 Å². The summed E-state index contributed by atoms with van der Waals surface area (Å²) in [4.78, 5) is 4.96. The highest BCUT2D eigenvalue weighted by atomic mass is 127. The van der Waals surface area contributed by atoms with Crippen molar-refractivity contribution in [2.75, 3.05) is 4.43 Å². The van der Waals surface area contributed by atoms with Crippen LogP contribution in [0, 0.1) is 0 Å². The smallest absolute Gasteiger partial charge is 0.112 e. The summed E-state index contributed by atoms with van der Waals surface area (Å²) in [5, 5.41) is 1.23. The van der Waals surface area contributed by atoms with E-state index in [0.717, 1.165) is 17.6 Å². The molecule has 5 heteroatoms. The van der Waals surface area contributed by atoms with E-state index < -0.39 is 0 Å². The first kappa shape index (κ1) is 17.8. The molecule has 0 aliphatic heterocycles. The molecule has 0 saturated heterocycles. The van der Waals surface area contributed by atoms with Crippen molar-refractivity contribution in [2.45, 2.75) is 63.8 Å². The quantitative estimate of drug-likeness (QED) is 0.255. The second-order valence-electron chi connectivity index (χ2n) is 6.46. The molecule has 0 bridgehead atoms. The molecule has 1 aliphatic carbocycles. The normalized spacial score (nSPS) is 16.3. The van der Waals surface area contributed by atoms with E-state index in [-0.39, 0.29) is 0 Å². The molecule has 0 radical (unpaired) electrons. The maximum atomic E-state index is 6.26. The fourth-order valence-corrected chi connectivity index (χ4v) is 4.44. The van der Waals surface area contributed by atoms with Crippen LogP contribution in [0.15, 0.2) is 12.1 Å². The first-order valence-corrected chi connectivity index (χ1v) is 10.9. The largest absolute Gasteiger partial charge is 0.328 e. The summed E-state index contributed by atoms with van der Waals surface area (Å²) >= 11 is 14.9. The van der Waals surface area contributed by atoms with Gasteiger partial charge in [-0.2, -0.15) is 0 Å². The number of imidazole rings is 1. The Bertz CT molecular complexity index is 663. The number of fused-ring (bicyclic) bond motifs is 1. The molecule has 1 heterocycles. The summed E-state index contributed by atoms with van der Waals surface area (Å²) in [5.41, 5.74) is 2.14. The minimum atomic E-state index is 0.596. The third-order valence-corrected chi connectivity index (χ3v) is 6.29. The highest BCUT2D eigenvalue weighted by molar-refractivity contribution is 14.1. The van der Waals surface area contributed by atoms with E-state index >= 15 is 0 Å². The molecule has 1 aliphatic rings. The van der Waals surface area contributed by atoms with E-state index in [1.165, 1.54) is 61.6 Å². The van der Waals surface area contributed by atoms with Crippen molar-refractivity contribution < 1.29 is 0 Å². The zero-order chi connectivity index (χ0) is 16.2.